The van der Waals surface area contributed by atoms with Gasteiger partial charge in [0.25, 0.3) is 0 Å². The Bertz CT molecular complexity index is 647. The number of amides is 2. The van der Waals surface area contributed by atoms with Gasteiger partial charge in [-0.05, 0) is 37.8 Å². The fourth-order valence-corrected chi connectivity index (χ4v) is 4.50. The molecule has 1 unspecified atom stereocenters. The first-order valence-corrected chi connectivity index (χ1v) is 9.72. The van der Waals surface area contributed by atoms with E-state index in [1.165, 1.54) is 17.8 Å². The molecule has 3 rings (SSSR count). The average molecular weight is 366 g/mol. The van der Waals surface area contributed by atoms with Crippen molar-refractivity contribution in [2.45, 2.75) is 37.1 Å². The molecule has 2 amide bonds. The smallest absolute Gasteiger partial charge is 0.317 e. The highest BCUT2D eigenvalue weighted by Crippen LogP contribution is 2.37. The molecule has 5 nitrogen and oxygen atoms in total. The van der Waals surface area contributed by atoms with Crippen LogP contribution in [0.2, 0.25) is 0 Å². The van der Waals surface area contributed by atoms with Crippen LogP contribution in [-0.4, -0.2) is 42.3 Å². The minimum absolute atomic E-state index is 0.120. The van der Waals surface area contributed by atoms with Crippen LogP contribution in [0.4, 0.5) is 9.18 Å². The predicted molar refractivity (Wildman–Crippen MR) is 93.9 cm³/mol. The third kappa shape index (κ3) is 4.08. The van der Waals surface area contributed by atoms with E-state index in [4.69, 9.17) is 4.74 Å². The van der Waals surface area contributed by atoms with E-state index in [9.17, 15) is 14.0 Å². The number of esters is 1. The second kappa shape index (κ2) is 8.08. The summed E-state index contributed by atoms with van der Waals surface area (Å²) in [6, 6.07) is 4.71. The second-order valence-corrected chi connectivity index (χ2v) is 7.42. The van der Waals surface area contributed by atoms with Crippen molar-refractivity contribution in [1.82, 2.24) is 10.2 Å². The molecule has 1 fully saturated rings. The molecule has 1 N–H and O–H groups in total. The molecule has 0 aliphatic carbocycles. The Labute approximate surface area is 151 Å². The molecule has 0 spiro atoms. The van der Waals surface area contributed by atoms with E-state index in [1.54, 1.807) is 17.9 Å². The van der Waals surface area contributed by atoms with E-state index in [0.717, 1.165) is 17.7 Å². The number of hydrogen-bond acceptors (Lipinski definition) is 4. The molecule has 0 radical (unpaired) electrons. The number of halogens is 1. The van der Waals surface area contributed by atoms with Crippen LogP contribution in [0.3, 0.4) is 0 Å². The zero-order valence-corrected chi connectivity index (χ0v) is 15.1. The number of hydrogen-bond donors (Lipinski definition) is 1. The largest absolute Gasteiger partial charge is 0.466 e. The Morgan fingerprint density at radius 2 is 2.08 bits per heavy atom. The van der Waals surface area contributed by atoms with E-state index in [-0.39, 0.29) is 29.8 Å². The Balaban J connectivity index is 1.58. The van der Waals surface area contributed by atoms with Gasteiger partial charge in [0.15, 0.2) is 0 Å². The van der Waals surface area contributed by atoms with Crippen molar-refractivity contribution in [1.29, 1.82) is 0 Å². The Morgan fingerprint density at radius 3 is 2.80 bits per heavy atom. The van der Waals surface area contributed by atoms with Gasteiger partial charge >= 0.3 is 12.0 Å². The zero-order chi connectivity index (χ0) is 17.8. The number of ether oxygens (including phenoxy) is 1. The summed E-state index contributed by atoms with van der Waals surface area (Å²) in [5, 5.41) is 3.03. The maximum atomic E-state index is 13.9. The van der Waals surface area contributed by atoms with Crippen molar-refractivity contribution >= 4 is 23.8 Å². The molecule has 0 saturated carbocycles. The number of rotatable bonds is 3. The van der Waals surface area contributed by atoms with Gasteiger partial charge in [0.2, 0.25) is 0 Å². The quantitative estimate of drug-likeness (QED) is 0.834. The number of nitrogens with one attached hydrogen (secondary N) is 1. The number of thioether (sulfide) groups is 1. The third-order valence-electron chi connectivity index (χ3n) is 4.73. The molecule has 1 aromatic carbocycles. The SMILES string of the molecule is CCOC(=O)C1CCN(C(=O)NC2CCSc3c(F)cccc32)CC1. The third-order valence-corrected chi connectivity index (χ3v) is 5.88. The molecule has 0 bridgehead atoms. The molecule has 7 heteroatoms. The first kappa shape index (κ1) is 18.0. The summed E-state index contributed by atoms with van der Waals surface area (Å²) in [7, 11) is 0. The summed E-state index contributed by atoms with van der Waals surface area (Å²) >= 11 is 1.50. The van der Waals surface area contributed by atoms with Gasteiger partial charge in [-0.15, -0.1) is 11.8 Å². The number of nitrogens with zero attached hydrogens (tertiary/aromatic N) is 1. The second-order valence-electron chi connectivity index (χ2n) is 6.31. The molecule has 0 aromatic heterocycles. The summed E-state index contributed by atoms with van der Waals surface area (Å²) < 4.78 is 19.0. The highest BCUT2D eigenvalue weighted by atomic mass is 32.2. The lowest BCUT2D eigenvalue weighted by atomic mass is 9.97. The Kier molecular flexibility index (Phi) is 5.83. The maximum absolute atomic E-state index is 13.9. The molecule has 2 aliphatic heterocycles. The number of carbonyl (C=O) groups excluding carboxylic acids is 2. The molecular weight excluding hydrogens is 343 g/mol. The predicted octanol–water partition coefficient (Wildman–Crippen LogP) is 3.35. The molecule has 1 atom stereocenters. The van der Waals surface area contributed by atoms with Crippen LogP contribution < -0.4 is 5.32 Å². The van der Waals surface area contributed by atoms with Gasteiger partial charge in [0.1, 0.15) is 5.82 Å². The van der Waals surface area contributed by atoms with Crippen molar-refractivity contribution in [2.75, 3.05) is 25.4 Å². The van der Waals surface area contributed by atoms with Crippen LogP contribution in [0.1, 0.15) is 37.8 Å². The first-order valence-electron chi connectivity index (χ1n) is 8.73. The van der Waals surface area contributed by atoms with Crippen LogP contribution >= 0.6 is 11.8 Å². The summed E-state index contributed by atoms with van der Waals surface area (Å²) in [5.41, 5.74) is 0.853. The maximum Gasteiger partial charge on any atom is 0.317 e. The zero-order valence-electron chi connectivity index (χ0n) is 14.3. The lowest BCUT2D eigenvalue weighted by molar-refractivity contribution is -0.149. The van der Waals surface area contributed by atoms with Crippen LogP contribution in [-0.2, 0) is 9.53 Å². The van der Waals surface area contributed by atoms with Crippen molar-refractivity contribution in [2.24, 2.45) is 5.92 Å². The highest BCUT2D eigenvalue weighted by Gasteiger charge is 2.30. The van der Waals surface area contributed by atoms with Gasteiger partial charge in [-0.3, -0.25) is 4.79 Å². The normalized spacial score (nSPS) is 20.7. The van der Waals surface area contributed by atoms with Gasteiger partial charge in [0, 0.05) is 23.7 Å². The van der Waals surface area contributed by atoms with Crippen molar-refractivity contribution < 1.29 is 18.7 Å². The summed E-state index contributed by atoms with van der Waals surface area (Å²) in [5.74, 6) is 0.266. The first-order chi connectivity index (χ1) is 12.1. The van der Waals surface area contributed by atoms with E-state index in [2.05, 4.69) is 5.32 Å². The van der Waals surface area contributed by atoms with Crippen LogP contribution in [0.15, 0.2) is 23.1 Å². The monoisotopic (exact) mass is 366 g/mol. The lowest BCUT2D eigenvalue weighted by Crippen LogP contribution is -2.47. The number of likely N-dealkylation sites (tertiary alicyclic amines) is 1. The standard InChI is InChI=1S/C18H23FN2O3S/c1-2-24-17(22)12-6-9-21(10-7-12)18(23)20-15-8-11-25-16-13(15)4-3-5-14(16)19/h3-5,12,15H,2,6-11H2,1H3,(H,20,23). The molecular formula is C18H23FN2O3S. The van der Waals surface area contributed by atoms with Gasteiger partial charge in [0.05, 0.1) is 18.6 Å². The molecule has 1 aromatic rings. The number of carbonyl (C=O) groups is 2. The number of piperidine rings is 1. The van der Waals surface area contributed by atoms with Crippen LogP contribution in [0.5, 0.6) is 0 Å². The molecule has 136 valence electrons. The Hall–Kier alpha value is -1.76. The summed E-state index contributed by atoms with van der Waals surface area (Å²) in [4.78, 5) is 26.7. The fourth-order valence-electron chi connectivity index (χ4n) is 3.36. The topological polar surface area (TPSA) is 58.6 Å². The van der Waals surface area contributed by atoms with Gasteiger partial charge < -0.3 is 15.0 Å². The van der Waals surface area contributed by atoms with E-state index < -0.39 is 0 Å². The molecule has 2 heterocycles. The minimum Gasteiger partial charge on any atom is -0.466 e. The molecule has 1 saturated heterocycles. The highest BCUT2D eigenvalue weighted by molar-refractivity contribution is 7.99. The van der Waals surface area contributed by atoms with Crippen molar-refractivity contribution in [3.63, 3.8) is 0 Å². The Morgan fingerprint density at radius 1 is 1.32 bits per heavy atom. The number of urea groups is 1. The van der Waals surface area contributed by atoms with Crippen LogP contribution in [0, 0.1) is 11.7 Å². The molecule has 25 heavy (non-hydrogen) atoms. The van der Waals surface area contributed by atoms with Gasteiger partial charge in [-0.2, -0.15) is 0 Å². The van der Waals surface area contributed by atoms with Gasteiger partial charge in [-0.25, -0.2) is 9.18 Å². The van der Waals surface area contributed by atoms with E-state index >= 15 is 0 Å². The number of fused-ring (bicyclic) bond motifs is 1. The summed E-state index contributed by atoms with van der Waals surface area (Å²) in [6.45, 7) is 3.25. The van der Waals surface area contributed by atoms with Gasteiger partial charge in [-0.1, -0.05) is 12.1 Å². The van der Waals surface area contributed by atoms with Crippen LogP contribution in [0.25, 0.3) is 0 Å². The van der Waals surface area contributed by atoms with E-state index in [1.807, 2.05) is 6.07 Å². The number of benzene rings is 1. The van der Waals surface area contributed by atoms with Crippen molar-refractivity contribution in [3.05, 3.63) is 29.6 Å². The van der Waals surface area contributed by atoms with E-state index in [0.29, 0.717) is 37.4 Å². The minimum atomic E-state index is -0.225. The fraction of sp³-hybridized carbons (Fsp3) is 0.556. The lowest BCUT2D eigenvalue weighted by Gasteiger charge is -2.33. The van der Waals surface area contributed by atoms with Crippen molar-refractivity contribution in [3.8, 4) is 0 Å². The summed E-state index contributed by atoms with van der Waals surface area (Å²) in [6.07, 6.45) is 2.03. The molecule has 2 aliphatic rings. The average Bonchev–Trinajstić information content (AvgIpc) is 2.63.